The van der Waals surface area contributed by atoms with Gasteiger partial charge in [0.2, 0.25) is 0 Å². The molecule has 3 atom stereocenters. The van der Waals surface area contributed by atoms with Crippen LogP contribution in [0.25, 0.3) is 0 Å². The van der Waals surface area contributed by atoms with E-state index in [2.05, 4.69) is 0 Å². The molecule has 1 heterocycles. The van der Waals surface area contributed by atoms with Crippen LogP contribution < -0.4 is 4.74 Å². The lowest BCUT2D eigenvalue weighted by Gasteiger charge is -2.19. The first-order valence-electron chi connectivity index (χ1n) is 6.27. The molecule has 1 unspecified atom stereocenters. The number of halogens is 1. The number of carboxylic acid groups (broad SMARTS) is 1. The predicted octanol–water partition coefficient (Wildman–Crippen LogP) is 2.22. The first-order chi connectivity index (χ1) is 9.06. The van der Waals surface area contributed by atoms with Gasteiger partial charge in [-0.05, 0) is 12.1 Å². The van der Waals surface area contributed by atoms with Gasteiger partial charge < -0.3 is 9.84 Å². The second-order valence-electron chi connectivity index (χ2n) is 4.98. The Bertz CT molecular complexity index is 581. The molecule has 1 N–H and O–H groups in total. The van der Waals surface area contributed by atoms with Crippen LogP contribution in [-0.2, 0) is 4.79 Å². The molecule has 0 aromatic heterocycles. The molecule has 4 nitrogen and oxygen atoms in total. The van der Waals surface area contributed by atoms with Gasteiger partial charge in [0.25, 0.3) is 0 Å². The maximum absolute atomic E-state index is 13.9. The topological polar surface area (TPSA) is 63.6 Å². The molecule has 1 aromatic carbocycles. The van der Waals surface area contributed by atoms with Crippen molar-refractivity contribution in [2.75, 3.05) is 6.61 Å². The first kappa shape index (κ1) is 12.1. The number of aliphatic carboxylic acids is 1. The van der Waals surface area contributed by atoms with Gasteiger partial charge in [-0.3, -0.25) is 9.59 Å². The summed E-state index contributed by atoms with van der Waals surface area (Å²) in [7, 11) is 0. The number of ether oxygens (including phenoxy) is 1. The zero-order valence-corrected chi connectivity index (χ0v) is 10.4. The Balaban J connectivity index is 2.10. The van der Waals surface area contributed by atoms with Crippen molar-refractivity contribution in [2.45, 2.75) is 19.3 Å². The lowest BCUT2D eigenvalue weighted by atomic mass is 9.97. The van der Waals surface area contributed by atoms with Crippen molar-refractivity contribution in [1.29, 1.82) is 0 Å². The summed E-state index contributed by atoms with van der Waals surface area (Å²) in [5.74, 6) is -2.42. The van der Waals surface area contributed by atoms with E-state index in [1.807, 2.05) is 0 Å². The van der Waals surface area contributed by atoms with Crippen LogP contribution in [0.1, 0.15) is 35.2 Å². The summed E-state index contributed by atoms with van der Waals surface area (Å²) in [6.07, 6.45) is 0.303. The van der Waals surface area contributed by atoms with E-state index in [0.717, 1.165) is 0 Å². The van der Waals surface area contributed by atoms with E-state index in [4.69, 9.17) is 9.84 Å². The van der Waals surface area contributed by atoms with Crippen LogP contribution in [0.2, 0.25) is 0 Å². The van der Waals surface area contributed by atoms with Crippen molar-refractivity contribution in [3.05, 3.63) is 29.1 Å². The van der Waals surface area contributed by atoms with Crippen molar-refractivity contribution in [3.63, 3.8) is 0 Å². The lowest BCUT2D eigenvalue weighted by molar-refractivity contribution is -0.139. The van der Waals surface area contributed by atoms with Gasteiger partial charge in [0, 0.05) is 23.8 Å². The Morgan fingerprint density at radius 3 is 2.84 bits per heavy atom. The fourth-order valence-electron chi connectivity index (χ4n) is 2.94. The number of Topliss-reactive ketones (excluding diaryl/α,β-unsaturated/α-hetero) is 1. The summed E-state index contributed by atoms with van der Waals surface area (Å²) in [4.78, 5) is 22.9. The number of carboxylic acids is 1. The van der Waals surface area contributed by atoms with Crippen molar-refractivity contribution in [2.24, 2.45) is 11.8 Å². The van der Waals surface area contributed by atoms with Crippen LogP contribution in [0.4, 0.5) is 4.39 Å². The highest BCUT2D eigenvalue weighted by molar-refractivity contribution is 5.99. The highest BCUT2D eigenvalue weighted by Crippen LogP contribution is 2.60. The lowest BCUT2D eigenvalue weighted by Crippen LogP contribution is -2.14. The van der Waals surface area contributed by atoms with E-state index in [-0.39, 0.29) is 35.5 Å². The van der Waals surface area contributed by atoms with E-state index in [1.165, 1.54) is 12.1 Å². The summed E-state index contributed by atoms with van der Waals surface area (Å²) in [6.45, 7) is 1.96. The van der Waals surface area contributed by atoms with Crippen LogP contribution in [0.5, 0.6) is 5.75 Å². The van der Waals surface area contributed by atoms with E-state index in [1.54, 1.807) is 6.92 Å². The van der Waals surface area contributed by atoms with Gasteiger partial charge in [-0.25, -0.2) is 4.39 Å². The monoisotopic (exact) mass is 264 g/mol. The molecule has 1 aliphatic heterocycles. The number of ketones is 1. The molecular formula is C14H13FO4. The average Bonchev–Trinajstić information content (AvgIpc) is 3.12. The van der Waals surface area contributed by atoms with Gasteiger partial charge in [0.1, 0.15) is 11.6 Å². The molecule has 1 aliphatic carbocycles. The number of rotatable bonds is 3. The Labute approximate surface area is 109 Å². The number of carbonyl (C=O) groups is 2. The second kappa shape index (κ2) is 4.05. The van der Waals surface area contributed by atoms with E-state index < -0.39 is 17.7 Å². The molecule has 1 fully saturated rings. The minimum Gasteiger partial charge on any atom is -0.492 e. The van der Waals surface area contributed by atoms with E-state index >= 15 is 0 Å². The maximum Gasteiger partial charge on any atom is 0.307 e. The maximum atomic E-state index is 13.9. The highest BCUT2D eigenvalue weighted by atomic mass is 19.1. The SMILES string of the molecule is CCC(=O)c1ccc(F)c2c1OC[C@@H]1C2[C@@H]1C(=O)O. The van der Waals surface area contributed by atoms with Gasteiger partial charge in [-0.1, -0.05) is 6.92 Å². The zero-order chi connectivity index (χ0) is 13.7. The van der Waals surface area contributed by atoms with Gasteiger partial charge in [-0.15, -0.1) is 0 Å². The fraction of sp³-hybridized carbons (Fsp3) is 0.429. The normalized spacial score (nSPS) is 26.9. The van der Waals surface area contributed by atoms with Crippen LogP contribution in [-0.4, -0.2) is 23.5 Å². The van der Waals surface area contributed by atoms with Crippen molar-refractivity contribution >= 4 is 11.8 Å². The summed E-state index contributed by atoms with van der Waals surface area (Å²) >= 11 is 0. The summed E-state index contributed by atoms with van der Waals surface area (Å²) < 4.78 is 19.4. The molecule has 1 saturated carbocycles. The van der Waals surface area contributed by atoms with Gasteiger partial charge in [-0.2, -0.15) is 0 Å². The van der Waals surface area contributed by atoms with Crippen LogP contribution in [0, 0.1) is 17.7 Å². The van der Waals surface area contributed by atoms with Gasteiger partial charge in [0.15, 0.2) is 5.78 Å². The third kappa shape index (κ3) is 1.64. The van der Waals surface area contributed by atoms with Crippen molar-refractivity contribution in [1.82, 2.24) is 0 Å². The Kier molecular flexibility index (Phi) is 2.59. The molecule has 0 radical (unpaired) electrons. The number of benzene rings is 1. The van der Waals surface area contributed by atoms with Crippen molar-refractivity contribution < 1.29 is 23.8 Å². The molecule has 3 rings (SSSR count). The molecule has 0 amide bonds. The smallest absolute Gasteiger partial charge is 0.307 e. The summed E-state index contributed by atoms with van der Waals surface area (Å²) in [5, 5.41) is 9.08. The molecule has 19 heavy (non-hydrogen) atoms. The fourth-order valence-corrected chi connectivity index (χ4v) is 2.94. The second-order valence-corrected chi connectivity index (χ2v) is 4.98. The first-order valence-corrected chi connectivity index (χ1v) is 6.27. The molecular weight excluding hydrogens is 251 g/mol. The van der Waals surface area contributed by atoms with Gasteiger partial charge in [0.05, 0.1) is 18.1 Å². The summed E-state index contributed by atoms with van der Waals surface area (Å²) in [5.41, 5.74) is 0.622. The van der Waals surface area contributed by atoms with E-state index in [9.17, 15) is 14.0 Å². The zero-order valence-electron chi connectivity index (χ0n) is 10.4. The average molecular weight is 264 g/mol. The molecule has 0 saturated heterocycles. The Morgan fingerprint density at radius 2 is 2.21 bits per heavy atom. The number of hydrogen-bond acceptors (Lipinski definition) is 3. The highest BCUT2D eigenvalue weighted by Gasteiger charge is 2.60. The molecule has 5 heteroatoms. The minimum atomic E-state index is -0.932. The molecule has 100 valence electrons. The third-order valence-electron chi connectivity index (χ3n) is 3.97. The van der Waals surface area contributed by atoms with Crippen LogP contribution in [0.3, 0.4) is 0 Å². The van der Waals surface area contributed by atoms with Crippen molar-refractivity contribution in [3.8, 4) is 5.75 Å². The number of hydrogen-bond donors (Lipinski definition) is 1. The van der Waals surface area contributed by atoms with Crippen LogP contribution in [0.15, 0.2) is 12.1 Å². The third-order valence-corrected chi connectivity index (χ3v) is 3.97. The molecule has 0 spiro atoms. The largest absolute Gasteiger partial charge is 0.492 e. The van der Waals surface area contributed by atoms with E-state index in [0.29, 0.717) is 12.0 Å². The molecule has 1 aromatic rings. The predicted molar refractivity (Wildman–Crippen MR) is 63.9 cm³/mol. The van der Waals surface area contributed by atoms with Gasteiger partial charge >= 0.3 is 5.97 Å². The Morgan fingerprint density at radius 1 is 1.47 bits per heavy atom. The number of fused-ring (bicyclic) bond motifs is 3. The summed E-state index contributed by atoms with van der Waals surface area (Å²) in [6, 6.07) is 2.64. The quantitative estimate of drug-likeness (QED) is 0.850. The molecule has 2 aliphatic rings. The Hall–Kier alpha value is -1.91. The standard InChI is InChI=1S/C14H13FO4/c1-2-9(16)6-3-4-8(15)12-10-7(5-19-13(6)12)11(10)14(17)18/h3-4,7,10-11H,2,5H2,1H3,(H,17,18)/t7-,10?,11-/m1/s1. The minimum absolute atomic E-state index is 0.123. The molecule has 0 bridgehead atoms. The van der Waals surface area contributed by atoms with Crippen LogP contribution >= 0.6 is 0 Å². The number of carbonyl (C=O) groups excluding carboxylic acids is 1.